The van der Waals surface area contributed by atoms with E-state index < -0.39 is 0 Å². The van der Waals surface area contributed by atoms with Crippen LogP contribution in [0.3, 0.4) is 0 Å². The number of nitrogens with zero attached hydrogens (tertiary/aromatic N) is 2. The number of aryl methyl sites for hydroxylation is 2. The minimum Gasteiger partial charge on any atom is -0.361 e. The Morgan fingerprint density at radius 2 is 2.20 bits per heavy atom. The third-order valence-electron chi connectivity index (χ3n) is 2.54. The minimum absolute atomic E-state index is 0.302. The Labute approximate surface area is 122 Å². The molecule has 0 radical (unpaired) electrons. The maximum Gasteiger partial charge on any atom is 0.321 e. The Morgan fingerprint density at radius 1 is 1.35 bits per heavy atom. The first-order chi connectivity index (χ1) is 9.60. The number of thiophene rings is 1. The van der Waals surface area contributed by atoms with Crippen LogP contribution < -0.4 is 10.6 Å². The highest BCUT2D eigenvalue weighted by Crippen LogP contribution is 2.32. The summed E-state index contributed by atoms with van der Waals surface area (Å²) in [6.45, 7) is 4.17. The lowest BCUT2D eigenvalue weighted by molar-refractivity contribution is 0.251. The molecule has 0 aromatic carbocycles. The van der Waals surface area contributed by atoms with Gasteiger partial charge in [0, 0.05) is 10.9 Å². The van der Waals surface area contributed by atoms with Crippen molar-refractivity contribution in [3.8, 4) is 0 Å². The van der Waals surface area contributed by atoms with Gasteiger partial charge >= 0.3 is 6.03 Å². The molecule has 0 atom stereocenters. The van der Waals surface area contributed by atoms with Crippen LogP contribution in [0.5, 0.6) is 0 Å². The number of rotatable bonds is 3. The van der Waals surface area contributed by atoms with Gasteiger partial charge in [-0.15, -0.1) is 11.3 Å². The molecule has 104 valence electrons. The molecule has 20 heavy (non-hydrogen) atoms. The van der Waals surface area contributed by atoms with Crippen LogP contribution >= 0.6 is 22.7 Å². The van der Waals surface area contributed by atoms with E-state index in [1.165, 1.54) is 16.2 Å². The molecule has 0 spiro atoms. The van der Waals surface area contributed by atoms with Crippen molar-refractivity contribution in [1.29, 1.82) is 0 Å². The Kier molecular flexibility index (Phi) is 3.41. The van der Waals surface area contributed by atoms with Crippen LogP contribution in [0.1, 0.15) is 16.3 Å². The summed E-state index contributed by atoms with van der Waals surface area (Å²) in [7, 11) is 0. The molecule has 2 amide bonds. The molecule has 8 heteroatoms. The van der Waals surface area contributed by atoms with Crippen LogP contribution in [0.25, 0.3) is 9.53 Å². The third-order valence-corrected chi connectivity index (χ3v) is 4.53. The summed E-state index contributed by atoms with van der Waals surface area (Å²) in [6.07, 6.45) is 0. The molecule has 3 heterocycles. The first-order valence-corrected chi connectivity index (χ1v) is 7.57. The number of nitrogens with one attached hydrogen (secondary N) is 2. The lowest BCUT2D eigenvalue weighted by Gasteiger charge is -2.02. The SMILES string of the molecule is Cc1cc(CNC(=O)Nc2nc3sc(C)cc3s2)no1. The monoisotopic (exact) mass is 308 g/mol. The molecule has 0 aliphatic heterocycles. The molecule has 0 aliphatic carbocycles. The fraction of sp³-hybridized carbons (Fsp3) is 0.250. The lowest BCUT2D eigenvalue weighted by atomic mass is 10.4. The lowest BCUT2D eigenvalue weighted by Crippen LogP contribution is -2.28. The molecule has 0 bridgehead atoms. The van der Waals surface area contributed by atoms with E-state index in [1.54, 1.807) is 24.3 Å². The van der Waals surface area contributed by atoms with Gasteiger partial charge in [-0.05, 0) is 19.9 Å². The van der Waals surface area contributed by atoms with Crippen molar-refractivity contribution in [2.24, 2.45) is 0 Å². The van der Waals surface area contributed by atoms with E-state index in [0.29, 0.717) is 17.4 Å². The zero-order valence-electron chi connectivity index (χ0n) is 10.9. The second-order valence-electron chi connectivity index (χ2n) is 4.28. The van der Waals surface area contributed by atoms with Gasteiger partial charge < -0.3 is 9.84 Å². The molecule has 2 N–H and O–H groups in total. The average molecular weight is 308 g/mol. The second kappa shape index (κ2) is 5.22. The molecule has 3 rings (SSSR count). The molecular formula is C12H12N4O2S2. The van der Waals surface area contributed by atoms with Crippen LogP contribution in [0.4, 0.5) is 9.93 Å². The average Bonchev–Trinajstić information content (AvgIpc) is 3.01. The van der Waals surface area contributed by atoms with E-state index in [4.69, 9.17) is 4.52 Å². The highest BCUT2D eigenvalue weighted by atomic mass is 32.1. The summed E-state index contributed by atoms with van der Waals surface area (Å²) in [5, 5.41) is 9.83. The van der Waals surface area contributed by atoms with E-state index >= 15 is 0 Å². The van der Waals surface area contributed by atoms with Crippen LogP contribution in [-0.2, 0) is 6.54 Å². The van der Waals surface area contributed by atoms with Crippen molar-refractivity contribution in [1.82, 2.24) is 15.5 Å². The highest BCUT2D eigenvalue weighted by molar-refractivity contribution is 7.29. The fourth-order valence-corrected chi connectivity index (χ4v) is 3.73. The highest BCUT2D eigenvalue weighted by Gasteiger charge is 2.10. The molecule has 6 nitrogen and oxygen atoms in total. The van der Waals surface area contributed by atoms with Gasteiger partial charge in [0.1, 0.15) is 16.3 Å². The van der Waals surface area contributed by atoms with Gasteiger partial charge in [0.25, 0.3) is 0 Å². The van der Waals surface area contributed by atoms with Crippen LogP contribution in [-0.4, -0.2) is 16.2 Å². The van der Waals surface area contributed by atoms with Crippen molar-refractivity contribution in [3.63, 3.8) is 0 Å². The van der Waals surface area contributed by atoms with E-state index in [-0.39, 0.29) is 6.03 Å². The van der Waals surface area contributed by atoms with Crippen molar-refractivity contribution in [2.45, 2.75) is 20.4 Å². The number of carbonyl (C=O) groups excluding carboxylic acids is 1. The number of hydrogen-bond acceptors (Lipinski definition) is 6. The topological polar surface area (TPSA) is 80.0 Å². The van der Waals surface area contributed by atoms with E-state index in [0.717, 1.165) is 15.3 Å². The van der Waals surface area contributed by atoms with Gasteiger partial charge in [0.2, 0.25) is 0 Å². The maximum absolute atomic E-state index is 11.7. The number of amides is 2. The third kappa shape index (κ3) is 2.81. The smallest absolute Gasteiger partial charge is 0.321 e. The summed E-state index contributed by atoms with van der Waals surface area (Å²) in [5.74, 6) is 0.720. The summed E-state index contributed by atoms with van der Waals surface area (Å²) in [4.78, 5) is 18.3. The van der Waals surface area contributed by atoms with Crippen LogP contribution in [0.15, 0.2) is 16.7 Å². The number of urea groups is 1. The predicted molar refractivity (Wildman–Crippen MR) is 79.3 cm³/mol. The summed E-state index contributed by atoms with van der Waals surface area (Å²) >= 11 is 3.08. The van der Waals surface area contributed by atoms with E-state index in [9.17, 15) is 4.79 Å². The van der Waals surface area contributed by atoms with Gasteiger partial charge in [0.15, 0.2) is 5.13 Å². The molecule has 0 saturated heterocycles. The zero-order valence-corrected chi connectivity index (χ0v) is 12.5. The number of anilines is 1. The van der Waals surface area contributed by atoms with Gasteiger partial charge in [-0.2, -0.15) is 0 Å². The Hall–Kier alpha value is -1.93. The second-order valence-corrected chi connectivity index (χ2v) is 6.55. The van der Waals surface area contributed by atoms with Crippen molar-refractivity contribution >= 4 is 43.4 Å². The van der Waals surface area contributed by atoms with Gasteiger partial charge in [-0.3, -0.25) is 5.32 Å². The largest absolute Gasteiger partial charge is 0.361 e. The molecule has 3 aromatic heterocycles. The van der Waals surface area contributed by atoms with E-state index in [1.807, 2.05) is 6.92 Å². The quantitative estimate of drug-likeness (QED) is 0.778. The molecule has 0 unspecified atom stereocenters. The zero-order chi connectivity index (χ0) is 14.1. The maximum atomic E-state index is 11.7. The molecular weight excluding hydrogens is 296 g/mol. The number of thiazole rings is 1. The van der Waals surface area contributed by atoms with Gasteiger partial charge in [0.05, 0.1) is 11.2 Å². The summed E-state index contributed by atoms with van der Waals surface area (Å²) < 4.78 is 6.02. The molecule has 0 aliphatic rings. The van der Waals surface area contributed by atoms with Crippen molar-refractivity contribution in [2.75, 3.05) is 5.32 Å². The standard InChI is InChI=1S/C12H12N4O2S2/c1-6-3-8(16-18-6)5-13-11(17)15-12-14-10-9(20-12)4-7(2)19-10/h3-4H,5H2,1-2H3,(H2,13,14,15,17). The summed E-state index contributed by atoms with van der Waals surface area (Å²) in [5.41, 5.74) is 0.688. The number of fused-ring (bicyclic) bond motifs is 1. The first kappa shape index (κ1) is 13.1. The fourth-order valence-electron chi connectivity index (χ4n) is 1.72. The molecule has 0 fully saturated rings. The van der Waals surface area contributed by atoms with Crippen molar-refractivity contribution < 1.29 is 9.32 Å². The van der Waals surface area contributed by atoms with Crippen molar-refractivity contribution in [3.05, 3.63) is 28.5 Å². The predicted octanol–water partition coefficient (Wildman–Crippen LogP) is 3.28. The number of aromatic nitrogens is 2. The van der Waals surface area contributed by atoms with E-state index in [2.05, 4.69) is 26.8 Å². The number of carbonyl (C=O) groups is 1. The Morgan fingerprint density at radius 3 is 2.90 bits per heavy atom. The van der Waals surface area contributed by atoms with Gasteiger partial charge in [-0.25, -0.2) is 9.78 Å². The molecule has 3 aromatic rings. The normalized spacial score (nSPS) is 10.9. The number of hydrogen-bond donors (Lipinski definition) is 2. The first-order valence-electron chi connectivity index (χ1n) is 5.94. The van der Waals surface area contributed by atoms with Gasteiger partial charge in [-0.1, -0.05) is 16.5 Å². The molecule has 0 saturated carbocycles. The Balaban J connectivity index is 1.59. The van der Waals surface area contributed by atoms with Crippen LogP contribution in [0, 0.1) is 13.8 Å². The Bertz CT molecular complexity index is 727. The summed E-state index contributed by atoms with van der Waals surface area (Å²) in [6, 6.07) is 3.55. The minimum atomic E-state index is -0.302. The van der Waals surface area contributed by atoms with Crippen LogP contribution in [0.2, 0.25) is 0 Å².